The van der Waals surface area contributed by atoms with Crippen molar-refractivity contribution in [2.45, 2.75) is 32.4 Å². The van der Waals surface area contributed by atoms with Gasteiger partial charge in [-0.25, -0.2) is 4.68 Å². The summed E-state index contributed by atoms with van der Waals surface area (Å²) in [4.78, 5) is 15.4. The maximum Gasteiger partial charge on any atom is 0.251 e. The first-order chi connectivity index (χ1) is 20.3. The van der Waals surface area contributed by atoms with Gasteiger partial charge in [-0.2, -0.15) is 5.10 Å². The van der Waals surface area contributed by atoms with Crippen LogP contribution in [0.15, 0.2) is 66.7 Å². The Kier molecular flexibility index (Phi) is 9.97. The second-order valence-electron chi connectivity index (χ2n) is 11.8. The summed E-state index contributed by atoms with van der Waals surface area (Å²) in [6, 6.07) is 22.6. The molecular weight excluding hydrogens is 566 g/mol. The van der Waals surface area contributed by atoms with Crippen LogP contribution < -0.4 is 10.6 Å². The number of anilines is 2. The van der Waals surface area contributed by atoms with Gasteiger partial charge in [-0.15, -0.1) is 0 Å². The maximum atomic E-state index is 13.1. The fraction of sp³-hybridized carbons (Fsp3) is 0.375. The van der Waals surface area contributed by atoms with Gasteiger partial charge in [-0.1, -0.05) is 55.5 Å². The van der Waals surface area contributed by atoms with Crippen molar-refractivity contribution in [3.63, 3.8) is 0 Å². The van der Waals surface area contributed by atoms with E-state index in [0.29, 0.717) is 30.5 Å². The number of carbonyl (C=O) groups is 1. The summed E-state index contributed by atoms with van der Waals surface area (Å²) in [5, 5.41) is 13.1. The number of para-hydroxylation sites is 1. The zero-order valence-electron chi connectivity index (χ0n) is 24.7. The van der Waals surface area contributed by atoms with Crippen molar-refractivity contribution in [2.75, 3.05) is 51.3 Å². The summed E-state index contributed by atoms with van der Waals surface area (Å²) in [5.41, 5.74) is 4.96. The first kappa shape index (κ1) is 30.3. The molecule has 2 N–H and O–H groups in total. The first-order valence-electron chi connectivity index (χ1n) is 14.6. The van der Waals surface area contributed by atoms with E-state index in [9.17, 15) is 4.79 Å². The highest BCUT2D eigenvalue weighted by Crippen LogP contribution is 2.33. The van der Waals surface area contributed by atoms with Gasteiger partial charge in [0.1, 0.15) is 12.4 Å². The summed E-state index contributed by atoms with van der Waals surface area (Å²) in [6.07, 6.45) is 0. The van der Waals surface area contributed by atoms with E-state index in [0.717, 1.165) is 72.4 Å². The van der Waals surface area contributed by atoms with E-state index in [2.05, 4.69) is 47.3 Å². The Labute approximate surface area is 254 Å². The first-order valence-corrected chi connectivity index (χ1v) is 18.6. The third-order valence-electron chi connectivity index (χ3n) is 7.33. The molecule has 5 rings (SSSR count). The van der Waals surface area contributed by atoms with Crippen LogP contribution in [0.4, 0.5) is 11.4 Å². The fourth-order valence-electron chi connectivity index (χ4n) is 4.88. The van der Waals surface area contributed by atoms with Crippen LogP contribution in [0.3, 0.4) is 0 Å². The minimum atomic E-state index is -1.20. The molecule has 1 aromatic heterocycles. The number of benzene rings is 3. The molecule has 10 heteroatoms. The van der Waals surface area contributed by atoms with Gasteiger partial charge in [0.2, 0.25) is 0 Å². The van der Waals surface area contributed by atoms with Crippen molar-refractivity contribution in [1.82, 2.24) is 20.0 Å². The summed E-state index contributed by atoms with van der Waals surface area (Å²) < 4.78 is 13.4. The Balaban J connectivity index is 1.39. The molecule has 1 amide bonds. The van der Waals surface area contributed by atoms with Crippen molar-refractivity contribution in [3.05, 3.63) is 77.3 Å². The normalized spacial score (nSPS) is 14.3. The molecule has 1 aliphatic rings. The molecule has 3 aromatic carbocycles. The average molecular weight is 606 g/mol. The van der Waals surface area contributed by atoms with Gasteiger partial charge in [0, 0.05) is 63.1 Å². The number of rotatable bonds is 12. The zero-order valence-corrected chi connectivity index (χ0v) is 26.4. The van der Waals surface area contributed by atoms with Gasteiger partial charge in [0.15, 0.2) is 0 Å². The van der Waals surface area contributed by atoms with Crippen molar-refractivity contribution in [1.29, 1.82) is 0 Å². The molecule has 1 saturated heterocycles. The third-order valence-corrected chi connectivity index (χ3v) is 9.36. The van der Waals surface area contributed by atoms with Crippen LogP contribution in [0.2, 0.25) is 30.7 Å². The molecule has 2 heterocycles. The van der Waals surface area contributed by atoms with E-state index in [1.807, 2.05) is 59.3 Å². The number of carbonyl (C=O) groups excluding carboxylic acids is 1. The van der Waals surface area contributed by atoms with Crippen LogP contribution >= 0.6 is 11.6 Å². The number of amides is 1. The predicted molar refractivity (Wildman–Crippen MR) is 174 cm³/mol. The lowest BCUT2D eigenvalue weighted by Crippen LogP contribution is -2.41. The second-order valence-corrected chi connectivity index (χ2v) is 17.9. The van der Waals surface area contributed by atoms with Gasteiger partial charge in [-0.05, 0) is 48.5 Å². The van der Waals surface area contributed by atoms with Crippen molar-refractivity contribution >= 4 is 47.9 Å². The molecule has 0 saturated carbocycles. The molecule has 222 valence electrons. The van der Waals surface area contributed by atoms with Crippen LogP contribution in [-0.2, 0) is 16.2 Å². The quantitative estimate of drug-likeness (QED) is 0.142. The molecule has 0 bridgehead atoms. The molecule has 0 atom stereocenters. The number of morpholine rings is 1. The van der Waals surface area contributed by atoms with E-state index in [-0.39, 0.29) is 5.91 Å². The lowest BCUT2D eigenvalue weighted by molar-refractivity contribution is 0.0383. The molecule has 0 spiro atoms. The summed E-state index contributed by atoms with van der Waals surface area (Å²) in [6.45, 7) is 12.8. The summed E-state index contributed by atoms with van der Waals surface area (Å²) >= 11 is 6.42. The Hall–Kier alpha value is -3.21. The molecule has 0 aliphatic carbocycles. The smallest absolute Gasteiger partial charge is 0.251 e. The van der Waals surface area contributed by atoms with Crippen molar-refractivity contribution in [2.24, 2.45) is 0 Å². The highest BCUT2D eigenvalue weighted by atomic mass is 35.5. The van der Waals surface area contributed by atoms with E-state index in [1.165, 1.54) is 0 Å². The Bertz CT molecular complexity index is 1510. The van der Waals surface area contributed by atoms with Gasteiger partial charge in [-0.3, -0.25) is 9.69 Å². The summed E-state index contributed by atoms with van der Waals surface area (Å²) in [7, 11) is -1.20. The Morgan fingerprint density at radius 3 is 2.64 bits per heavy atom. The number of aromatic nitrogens is 2. The topological polar surface area (TPSA) is 80.7 Å². The molecule has 4 aromatic rings. The zero-order chi connectivity index (χ0) is 29.5. The highest BCUT2D eigenvalue weighted by Gasteiger charge is 2.17. The molecule has 42 heavy (non-hydrogen) atoms. The Morgan fingerprint density at radius 1 is 1.05 bits per heavy atom. The van der Waals surface area contributed by atoms with Gasteiger partial charge in [0.25, 0.3) is 5.91 Å². The van der Waals surface area contributed by atoms with Gasteiger partial charge >= 0.3 is 0 Å². The number of nitrogens with zero attached hydrogens (tertiary/aromatic N) is 3. The van der Waals surface area contributed by atoms with Crippen LogP contribution in [0.25, 0.3) is 22.2 Å². The number of hydrogen-bond acceptors (Lipinski definition) is 6. The van der Waals surface area contributed by atoms with Gasteiger partial charge < -0.3 is 20.1 Å². The van der Waals surface area contributed by atoms with E-state index in [4.69, 9.17) is 26.2 Å². The SMILES string of the molecule is C[Si](C)(C)CCOCn1nc(-c2cccc(C(=O)NCCN3CCOCC3)c2)c2cc(Nc3ccccc3Cl)ccc21. The molecular formula is C32H40ClN5O3Si. The minimum Gasteiger partial charge on any atom is -0.379 e. The fourth-order valence-corrected chi connectivity index (χ4v) is 5.82. The molecule has 1 aliphatic heterocycles. The third kappa shape index (κ3) is 7.99. The van der Waals surface area contributed by atoms with Crippen molar-refractivity contribution in [3.8, 4) is 11.3 Å². The van der Waals surface area contributed by atoms with Crippen LogP contribution in [0, 0.1) is 0 Å². The van der Waals surface area contributed by atoms with Crippen LogP contribution in [-0.4, -0.2) is 74.7 Å². The molecule has 1 fully saturated rings. The van der Waals surface area contributed by atoms with E-state index >= 15 is 0 Å². The lowest BCUT2D eigenvalue weighted by atomic mass is 10.0. The largest absolute Gasteiger partial charge is 0.379 e. The van der Waals surface area contributed by atoms with Gasteiger partial charge in [0.05, 0.1) is 29.4 Å². The number of nitrogens with one attached hydrogen (secondary N) is 2. The average Bonchev–Trinajstić information content (AvgIpc) is 3.34. The maximum absolute atomic E-state index is 13.1. The second kappa shape index (κ2) is 13.8. The molecule has 8 nitrogen and oxygen atoms in total. The summed E-state index contributed by atoms with van der Waals surface area (Å²) in [5.74, 6) is -0.0930. The Morgan fingerprint density at radius 2 is 1.86 bits per heavy atom. The minimum absolute atomic E-state index is 0.0930. The van der Waals surface area contributed by atoms with Crippen molar-refractivity contribution < 1.29 is 14.3 Å². The predicted octanol–water partition coefficient (Wildman–Crippen LogP) is 6.47. The van der Waals surface area contributed by atoms with Crippen LogP contribution in [0.5, 0.6) is 0 Å². The van der Waals surface area contributed by atoms with E-state index in [1.54, 1.807) is 0 Å². The standard InChI is InChI=1S/C32H40ClN5O3Si/c1-42(2,3)20-19-41-23-38-30-12-11-26(35-29-10-5-4-9-28(29)33)22-27(30)31(36-38)24-7-6-8-25(21-24)32(39)34-13-14-37-15-17-40-18-16-37/h4-12,21-22,35H,13-20,23H2,1-3H3,(H,34,39). The van der Waals surface area contributed by atoms with E-state index < -0.39 is 8.07 Å². The highest BCUT2D eigenvalue weighted by molar-refractivity contribution is 6.76. The monoisotopic (exact) mass is 605 g/mol. The molecule has 0 unspecified atom stereocenters. The van der Waals surface area contributed by atoms with Crippen LogP contribution in [0.1, 0.15) is 10.4 Å². The number of fused-ring (bicyclic) bond motifs is 1. The number of hydrogen-bond donors (Lipinski definition) is 2. The molecule has 0 radical (unpaired) electrons. The lowest BCUT2D eigenvalue weighted by Gasteiger charge is -2.26. The number of ether oxygens (including phenoxy) is 2. The number of halogens is 1.